The molecule has 0 aliphatic heterocycles. The topological polar surface area (TPSA) is 58.3 Å². The maximum Gasteiger partial charge on any atom is 0.226 e. The zero-order valence-electron chi connectivity index (χ0n) is 13.7. The van der Waals surface area contributed by atoms with Crippen LogP contribution in [0.2, 0.25) is 0 Å². The quantitative estimate of drug-likeness (QED) is 0.700. The van der Waals surface area contributed by atoms with Crippen LogP contribution in [0.4, 0.5) is 0 Å². The first-order valence-corrected chi connectivity index (χ1v) is 8.17. The van der Waals surface area contributed by atoms with Crippen molar-refractivity contribution in [3.05, 3.63) is 78.2 Å². The highest BCUT2D eigenvalue weighted by molar-refractivity contribution is 5.52. The van der Waals surface area contributed by atoms with Gasteiger partial charge < -0.3 is 14.8 Å². The minimum atomic E-state index is -0.451. The fourth-order valence-corrected chi connectivity index (χ4v) is 2.54. The zero-order chi connectivity index (χ0) is 16.8. The van der Waals surface area contributed by atoms with E-state index in [1.807, 2.05) is 67.6 Å². The molecule has 3 aromatic rings. The largest absolute Gasteiger partial charge is 0.444 e. The van der Waals surface area contributed by atoms with E-state index < -0.39 is 6.10 Å². The second kappa shape index (κ2) is 7.90. The Morgan fingerprint density at radius 3 is 2.42 bits per heavy atom. The smallest absolute Gasteiger partial charge is 0.226 e. The number of aliphatic hydroxyl groups is 1. The highest BCUT2D eigenvalue weighted by atomic mass is 16.3. The van der Waals surface area contributed by atoms with E-state index in [1.54, 1.807) is 6.26 Å². The Morgan fingerprint density at radius 1 is 1.04 bits per heavy atom. The third-order valence-corrected chi connectivity index (χ3v) is 4.04. The number of benzene rings is 2. The summed E-state index contributed by atoms with van der Waals surface area (Å²) in [6, 6.07) is 19.8. The van der Waals surface area contributed by atoms with Crippen LogP contribution in [0.1, 0.15) is 18.2 Å². The van der Waals surface area contributed by atoms with Crippen molar-refractivity contribution in [2.24, 2.45) is 0 Å². The molecule has 2 aromatic carbocycles. The van der Waals surface area contributed by atoms with Gasteiger partial charge in [-0.15, -0.1) is 0 Å². The third-order valence-electron chi connectivity index (χ3n) is 4.04. The Labute approximate surface area is 142 Å². The summed E-state index contributed by atoms with van der Waals surface area (Å²) in [5.41, 5.74) is 2.92. The van der Waals surface area contributed by atoms with Gasteiger partial charge >= 0.3 is 0 Å². The van der Waals surface area contributed by atoms with E-state index >= 15 is 0 Å². The predicted octanol–water partition coefficient (Wildman–Crippen LogP) is 3.42. The molecule has 0 aliphatic carbocycles. The first-order chi connectivity index (χ1) is 11.7. The van der Waals surface area contributed by atoms with Gasteiger partial charge in [0.05, 0.1) is 11.8 Å². The Hall–Kier alpha value is -2.43. The van der Waals surface area contributed by atoms with E-state index in [1.165, 1.54) is 0 Å². The summed E-state index contributed by atoms with van der Waals surface area (Å²) in [5, 5.41) is 13.6. The lowest BCUT2D eigenvalue weighted by atomic mass is 10.0. The van der Waals surface area contributed by atoms with Crippen LogP contribution >= 0.6 is 0 Å². The molecule has 2 N–H and O–H groups in total. The summed E-state index contributed by atoms with van der Waals surface area (Å²) < 4.78 is 5.53. The number of nitrogens with zero attached hydrogens (tertiary/aromatic N) is 1. The van der Waals surface area contributed by atoms with Crippen molar-refractivity contribution in [1.82, 2.24) is 10.3 Å². The minimum Gasteiger partial charge on any atom is -0.444 e. The molecule has 0 saturated heterocycles. The Bertz CT molecular complexity index is 741. The maximum absolute atomic E-state index is 10.3. The number of oxazole rings is 1. The molecule has 0 saturated carbocycles. The van der Waals surface area contributed by atoms with Crippen LogP contribution in [0.15, 0.2) is 71.3 Å². The highest BCUT2D eigenvalue weighted by Crippen LogP contribution is 2.18. The Kier molecular flexibility index (Phi) is 5.41. The summed E-state index contributed by atoms with van der Waals surface area (Å²) in [6.07, 6.45) is 1.84. The molecule has 1 aromatic heterocycles. The fraction of sp³-hybridized carbons (Fsp3) is 0.250. The van der Waals surface area contributed by atoms with Gasteiger partial charge in [-0.2, -0.15) is 0 Å². The van der Waals surface area contributed by atoms with Gasteiger partial charge in [0.15, 0.2) is 0 Å². The van der Waals surface area contributed by atoms with Crippen LogP contribution in [-0.4, -0.2) is 22.2 Å². The number of aromatic nitrogens is 1. The molecule has 124 valence electrons. The number of rotatable bonds is 7. The second-order valence-corrected chi connectivity index (χ2v) is 5.94. The number of aliphatic hydroxyl groups excluding tert-OH is 1. The molecule has 0 spiro atoms. The van der Waals surface area contributed by atoms with E-state index in [-0.39, 0.29) is 6.04 Å². The van der Waals surface area contributed by atoms with E-state index in [4.69, 9.17) is 4.42 Å². The molecule has 0 aliphatic rings. The molecule has 0 radical (unpaired) electrons. The summed E-state index contributed by atoms with van der Waals surface area (Å²) in [6.45, 7) is 2.54. The van der Waals surface area contributed by atoms with Crippen molar-refractivity contribution in [3.63, 3.8) is 0 Å². The van der Waals surface area contributed by atoms with E-state index in [0.29, 0.717) is 18.9 Å². The summed E-state index contributed by atoms with van der Waals surface area (Å²) >= 11 is 0. The van der Waals surface area contributed by atoms with E-state index in [0.717, 1.165) is 16.8 Å². The van der Waals surface area contributed by atoms with Crippen molar-refractivity contribution in [3.8, 4) is 11.5 Å². The molecule has 0 bridgehead atoms. The van der Waals surface area contributed by atoms with Gasteiger partial charge in [0.25, 0.3) is 0 Å². The third kappa shape index (κ3) is 4.31. The molecule has 2 atom stereocenters. The second-order valence-electron chi connectivity index (χ2n) is 5.94. The van der Waals surface area contributed by atoms with Crippen LogP contribution in [0.3, 0.4) is 0 Å². The van der Waals surface area contributed by atoms with Gasteiger partial charge in [0, 0.05) is 18.2 Å². The lowest BCUT2D eigenvalue weighted by Crippen LogP contribution is -2.38. The molecule has 4 heteroatoms. The molecule has 1 heterocycles. The van der Waals surface area contributed by atoms with Gasteiger partial charge in [-0.05, 0) is 31.0 Å². The normalized spacial score (nSPS) is 13.6. The molecule has 3 rings (SSSR count). The molecular formula is C20H22N2O2. The van der Waals surface area contributed by atoms with Crippen LogP contribution in [0.5, 0.6) is 0 Å². The van der Waals surface area contributed by atoms with E-state index in [2.05, 4.69) is 10.3 Å². The number of nitrogens with one attached hydrogen (secondary N) is 1. The average molecular weight is 322 g/mol. The Balaban J connectivity index is 1.53. The van der Waals surface area contributed by atoms with Crippen molar-refractivity contribution in [2.45, 2.75) is 32.0 Å². The molecule has 2 unspecified atom stereocenters. The predicted molar refractivity (Wildman–Crippen MR) is 94.4 cm³/mol. The maximum atomic E-state index is 10.3. The fourth-order valence-electron chi connectivity index (χ4n) is 2.54. The van der Waals surface area contributed by atoms with Gasteiger partial charge in [-0.1, -0.05) is 48.5 Å². The Morgan fingerprint density at radius 2 is 1.71 bits per heavy atom. The van der Waals surface area contributed by atoms with Crippen molar-refractivity contribution in [2.75, 3.05) is 0 Å². The SMILES string of the molecule is CC(NCc1coc(-c2ccccc2)n1)C(O)Cc1ccccc1. The van der Waals surface area contributed by atoms with Gasteiger partial charge in [-0.25, -0.2) is 4.98 Å². The van der Waals surface area contributed by atoms with Crippen molar-refractivity contribution in [1.29, 1.82) is 0 Å². The first-order valence-electron chi connectivity index (χ1n) is 8.17. The zero-order valence-corrected chi connectivity index (χ0v) is 13.7. The highest BCUT2D eigenvalue weighted by Gasteiger charge is 2.15. The number of hydrogen-bond donors (Lipinski definition) is 2. The monoisotopic (exact) mass is 322 g/mol. The lowest BCUT2D eigenvalue weighted by Gasteiger charge is -2.19. The average Bonchev–Trinajstić information content (AvgIpc) is 3.10. The molecule has 0 fully saturated rings. The molecule has 4 nitrogen and oxygen atoms in total. The van der Waals surface area contributed by atoms with Gasteiger partial charge in [-0.3, -0.25) is 0 Å². The lowest BCUT2D eigenvalue weighted by molar-refractivity contribution is 0.133. The standard InChI is InChI=1S/C20H22N2O2/c1-15(19(23)12-16-8-4-2-5-9-16)21-13-18-14-24-20(22-18)17-10-6-3-7-11-17/h2-11,14-15,19,21,23H,12-13H2,1H3. The van der Waals surface area contributed by atoms with Gasteiger partial charge in [0.2, 0.25) is 5.89 Å². The van der Waals surface area contributed by atoms with Crippen molar-refractivity contribution >= 4 is 0 Å². The molecular weight excluding hydrogens is 300 g/mol. The summed E-state index contributed by atoms with van der Waals surface area (Å²) in [7, 11) is 0. The van der Waals surface area contributed by atoms with Crippen LogP contribution in [0.25, 0.3) is 11.5 Å². The summed E-state index contributed by atoms with van der Waals surface area (Å²) in [4.78, 5) is 4.48. The van der Waals surface area contributed by atoms with Crippen LogP contribution in [-0.2, 0) is 13.0 Å². The minimum absolute atomic E-state index is 0.0397. The van der Waals surface area contributed by atoms with Crippen LogP contribution in [0, 0.1) is 0 Å². The van der Waals surface area contributed by atoms with Crippen LogP contribution < -0.4 is 5.32 Å². The van der Waals surface area contributed by atoms with Gasteiger partial charge in [0.1, 0.15) is 6.26 Å². The molecule has 0 amide bonds. The number of hydrogen-bond acceptors (Lipinski definition) is 4. The first kappa shape index (κ1) is 16.4. The molecule has 24 heavy (non-hydrogen) atoms. The van der Waals surface area contributed by atoms with E-state index in [9.17, 15) is 5.11 Å². The van der Waals surface area contributed by atoms with Crippen molar-refractivity contribution < 1.29 is 9.52 Å². The summed E-state index contributed by atoms with van der Waals surface area (Å²) in [5.74, 6) is 0.616.